The largest absolute Gasteiger partial charge is 0.339 e. The lowest BCUT2D eigenvalue weighted by Crippen LogP contribution is -2.37. The van der Waals surface area contributed by atoms with Gasteiger partial charge < -0.3 is 4.90 Å². The second-order valence-electron chi connectivity index (χ2n) is 5.48. The van der Waals surface area contributed by atoms with E-state index in [0.29, 0.717) is 12.3 Å². The van der Waals surface area contributed by atoms with Crippen molar-refractivity contribution in [2.75, 3.05) is 7.05 Å². The van der Waals surface area contributed by atoms with Crippen LogP contribution in [0.3, 0.4) is 0 Å². The predicted octanol–water partition coefficient (Wildman–Crippen LogP) is 3.76. The highest BCUT2D eigenvalue weighted by Crippen LogP contribution is 2.38. The molecule has 2 aromatic rings. The SMILES string of the molecule is CN1C(=O)CC(c2ccccc2)CC1c1ccccc1. The number of hydrogen-bond acceptors (Lipinski definition) is 1. The summed E-state index contributed by atoms with van der Waals surface area (Å²) >= 11 is 0. The third kappa shape index (κ3) is 2.46. The molecule has 0 saturated carbocycles. The highest BCUT2D eigenvalue weighted by Gasteiger charge is 2.32. The zero-order chi connectivity index (χ0) is 13.9. The highest BCUT2D eigenvalue weighted by molar-refractivity contribution is 5.78. The van der Waals surface area contributed by atoms with Gasteiger partial charge in [0.1, 0.15) is 0 Å². The van der Waals surface area contributed by atoms with Crippen molar-refractivity contribution in [3.8, 4) is 0 Å². The van der Waals surface area contributed by atoms with Crippen LogP contribution in [0.15, 0.2) is 60.7 Å². The fourth-order valence-electron chi connectivity index (χ4n) is 3.05. The van der Waals surface area contributed by atoms with Gasteiger partial charge in [0, 0.05) is 13.5 Å². The first kappa shape index (κ1) is 12.9. The van der Waals surface area contributed by atoms with E-state index in [4.69, 9.17) is 0 Å². The Hall–Kier alpha value is -2.09. The average molecular weight is 265 g/mol. The summed E-state index contributed by atoms with van der Waals surface area (Å²) in [4.78, 5) is 14.2. The number of carbonyl (C=O) groups is 1. The maximum absolute atomic E-state index is 12.3. The predicted molar refractivity (Wildman–Crippen MR) is 80.4 cm³/mol. The molecule has 3 rings (SSSR count). The lowest BCUT2D eigenvalue weighted by molar-refractivity contribution is -0.135. The van der Waals surface area contributed by atoms with Crippen LogP contribution in [0.25, 0.3) is 0 Å². The molecule has 2 nitrogen and oxygen atoms in total. The Balaban J connectivity index is 1.89. The molecule has 1 heterocycles. The summed E-state index contributed by atoms with van der Waals surface area (Å²) in [5, 5.41) is 0. The fraction of sp³-hybridized carbons (Fsp3) is 0.278. The van der Waals surface area contributed by atoms with E-state index in [1.54, 1.807) is 0 Å². The molecule has 0 aromatic heterocycles. The van der Waals surface area contributed by atoms with E-state index < -0.39 is 0 Å². The highest BCUT2D eigenvalue weighted by atomic mass is 16.2. The molecule has 1 amide bonds. The van der Waals surface area contributed by atoms with E-state index in [1.807, 2.05) is 36.2 Å². The number of likely N-dealkylation sites (tertiary alicyclic amines) is 1. The van der Waals surface area contributed by atoms with E-state index in [-0.39, 0.29) is 11.9 Å². The van der Waals surface area contributed by atoms with Crippen molar-refractivity contribution in [1.29, 1.82) is 0 Å². The van der Waals surface area contributed by atoms with E-state index >= 15 is 0 Å². The summed E-state index contributed by atoms with van der Waals surface area (Å²) in [7, 11) is 1.92. The molecule has 1 aliphatic heterocycles. The number of carbonyl (C=O) groups excluding carboxylic acids is 1. The van der Waals surface area contributed by atoms with Crippen LogP contribution in [0.2, 0.25) is 0 Å². The van der Waals surface area contributed by atoms with Crippen LogP contribution in [-0.4, -0.2) is 17.9 Å². The van der Waals surface area contributed by atoms with Crippen molar-refractivity contribution >= 4 is 5.91 Å². The van der Waals surface area contributed by atoms with Gasteiger partial charge in [0.2, 0.25) is 5.91 Å². The van der Waals surface area contributed by atoms with Crippen LogP contribution in [-0.2, 0) is 4.79 Å². The molecule has 0 spiro atoms. The molecule has 1 aliphatic rings. The summed E-state index contributed by atoms with van der Waals surface area (Å²) in [5.74, 6) is 0.559. The van der Waals surface area contributed by atoms with E-state index in [0.717, 1.165) is 6.42 Å². The van der Waals surface area contributed by atoms with Crippen LogP contribution >= 0.6 is 0 Å². The normalized spacial score (nSPS) is 22.9. The molecule has 0 N–H and O–H groups in total. The zero-order valence-electron chi connectivity index (χ0n) is 11.7. The van der Waals surface area contributed by atoms with Gasteiger partial charge in [-0.3, -0.25) is 4.79 Å². The van der Waals surface area contributed by atoms with E-state index in [9.17, 15) is 4.79 Å². The van der Waals surface area contributed by atoms with Crippen LogP contribution in [0, 0.1) is 0 Å². The van der Waals surface area contributed by atoms with Gasteiger partial charge in [-0.1, -0.05) is 60.7 Å². The van der Waals surface area contributed by atoms with Gasteiger partial charge in [0.15, 0.2) is 0 Å². The molecule has 2 unspecified atom stereocenters. The van der Waals surface area contributed by atoms with Crippen LogP contribution < -0.4 is 0 Å². The van der Waals surface area contributed by atoms with E-state index in [2.05, 4.69) is 36.4 Å². The Labute approximate surface area is 120 Å². The number of rotatable bonds is 2. The lowest BCUT2D eigenvalue weighted by Gasteiger charge is -2.37. The van der Waals surface area contributed by atoms with Crippen LogP contribution in [0.4, 0.5) is 0 Å². The maximum atomic E-state index is 12.3. The lowest BCUT2D eigenvalue weighted by atomic mass is 9.83. The second-order valence-corrected chi connectivity index (χ2v) is 5.48. The van der Waals surface area contributed by atoms with Crippen molar-refractivity contribution in [3.05, 3.63) is 71.8 Å². The number of benzene rings is 2. The number of amides is 1. The van der Waals surface area contributed by atoms with Gasteiger partial charge in [-0.2, -0.15) is 0 Å². The van der Waals surface area contributed by atoms with Crippen molar-refractivity contribution < 1.29 is 4.79 Å². The number of nitrogens with zero attached hydrogens (tertiary/aromatic N) is 1. The maximum Gasteiger partial charge on any atom is 0.223 e. The van der Waals surface area contributed by atoms with Gasteiger partial charge in [0.05, 0.1) is 6.04 Å². The van der Waals surface area contributed by atoms with E-state index in [1.165, 1.54) is 11.1 Å². The molecule has 2 aromatic carbocycles. The standard InChI is InChI=1S/C18H19NO/c1-19-17(15-10-6-3-7-11-15)12-16(13-18(19)20)14-8-4-2-5-9-14/h2-11,16-17H,12-13H2,1H3. The first-order valence-electron chi connectivity index (χ1n) is 7.11. The minimum Gasteiger partial charge on any atom is -0.339 e. The first-order chi connectivity index (χ1) is 9.75. The minimum absolute atomic E-state index is 0.183. The minimum atomic E-state index is 0.183. The molecule has 2 atom stereocenters. The van der Waals surface area contributed by atoms with Gasteiger partial charge >= 0.3 is 0 Å². The van der Waals surface area contributed by atoms with Crippen LogP contribution in [0.1, 0.15) is 35.9 Å². The van der Waals surface area contributed by atoms with Gasteiger partial charge in [0.25, 0.3) is 0 Å². The molecular weight excluding hydrogens is 246 g/mol. The van der Waals surface area contributed by atoms with Crippen molar-refractivity contribution in [2.45, 2.75) is 24.8 Å². The fourth-order valence-corrected chi connectivity index (χ4v) is 3.05. The molecule has 20 heavy (non-hydrogen) atoms. The third-order valence-corrected chi connectivity index (χ3v) is 4.25. The molecule has 1 saturated heterocycles. The summed E-state index contributed by atoms with van der Waals surface area (Å²) in [6, 6.07) is 20.9. The Morgan fingerprint density at radius 1 is 0.900 bits per heavy atom. The first-order valence-corrected chi connectivity index (χ1v) is 7.11. The summed E-state index contributed by atoms with van der Waals surface area (Å²) < 4.78 is 0. The second kappa shape index (κ2) is 5.49. The monoisotopic (exact) mass is 265 g/mol. The Kier molecular flexibility index (Phi) is 3.55. The smallest absolute Gasteiger partial charge is 0.223 e. The molecule has 102 valence electrons. The Morgan fingerprint density at radius 2 is 1.45 bits per heavy atom. The molecule has 0 bridgehead atoms. The van der Waals surface area contributed by atoms with Crippen LogP contribution in [0.5, 0.6) is 0 Å². The van der Waals surface area contributed by atoms with Gasteiger partial charge in [-0.25, -0.2) is 0 Å². The van der Waals surface area contributed by atoms with Gasteiger partial charge in [-0.15, -0.1) is 0 Å². The van der Waals surface area contributed by atoms with Crippen molar-refractivity contribution in [3.63, 3.8) is 0 Å². The molecule has 2 heteroatoms. The average Bonchev–Trinajstić information content (AvgIpc) is 2.51. The number of piperidine rings is 1. The molecular formula is C18H19NO. The summed E-state index contributed by atoms with van der Waals surface area (Å²) in [6.45, 7) is 0. The summed E-state index contributed by atoms with van der Waals surface area (Å²) in [6.07, 6.45) is 1.61. The number of hydrogen-bond donors (Lipinski definition) is 0. The van der Waals surface area contributed by atoms with Crippen molar-refractivity contribution in [1.82, 2.24) is 4.90 Å². The molecule has 0 radical (unpaired) electrons. The molecule has 1 fully saturated rings. The third-order valence-electron chi connectivity index (χ3n) is 4.25. The van der Waals surface area contributed by atoms with Gasteiger partial charge in [-0.05, 0) is 23.5 Å². The topological polar surface area (TPSA) is 20.3 Å². The zero-order valence-corrected chi connectivity index (χ0v) is 11.7. The Morgan fingerprint density at radius 3 is 2.05 bits per heavy atom. The Bertz CT molecular complexity index is 579. The quantitative estimate of drug-likeness (QED) is 0.809. The van der Waals surface area contributed by atoms with Crippen molar-refractivity contribution in [2.24, 2.45) is 0 Å². The summed E-state index contributed by atoms with van der Waals surface area (Å²) in [5.41, 5.74) is 2.50. The molecule has 0 aliphatic carbocycles.